The van der Waals surface area contributed by atoms with Crippen LogP contribution in [-0.4, -0.2) is 25.0 Å². The molecule has 0 aromatic carbocycles. The zero-order chi connectivity index (χ0) is 11.1. The SMILES string of the molecule is Cn1ncc(-c2ncn[nH]2)c1C(C)(C)C. The fourth-order valence-electron chi connectivity index (χ4n) is 1.84. The van der Waals surface area contributed by atoms with Crippen molar-refractivity contribution in [2.75, 3.05) is 0 Å². The normalized spacial score (nSPS) is 12.0. The first-order valence-corrected chi connectivity index (χ1v) is 4.88. The molecule has 0 saturated carbocycles. The van der Waals surface area contributed by atoms with Gasteiger partial charge in [0.15, 0.2) is 5.82 Å². The van der Waals surface area contributed by atoms with E-state index in [4.69, 9.17) is 0 Å². The molecule has 0 amide bonds. The highest BCUT2D eigenvalue weighted by Crippen LogP contribution is 2.30. The first kappa shape index (κ1) is 9.89. The molecule has 2 aromatic rings. The molecule has 0 spiro atoms. The molecule has 0 atom stereocenters. The van der Waals surface area contributed by atoms with E-state index in [1.54, 1.807) is 0 Å². The van der Waals surface area contributed by atoms with E-state index in [-0.39, 0.29) is 5.41 Å². The minimum absolute atomic E-state index is 0.0351. The molecule has 0 saturated heterocycles. The Labute approximate surface area is 88.5 Å². The molecule has 0 radical (unpaired) electrons. The summed E-state index contributed by atoms with van der Waals surface area (Å²) in [7, 11) is 1.94. The van der Waals surface area contributed by atoms with E-state index in [1.807, 2.05) is 17.9 Å². The van der Waals surface area contributed by atoms with Gasteiger partial charge in [0.2, 0.25) is 0 Å². The molecule has 2 rings (SSSR count). The second-order valence-corrected chi connectivity index (χ2v) is 4.61. The predicted molar refractivity (Wildman–Crippen MR) is 57.3 cm³/mol. The molecule has 2 heterocycles. The van der Waals surface area contributed by atoms with Crippen LogP contribution < -0.4 is 0 Å². The Morgan fingerprint density at radius 1 is 1.33 bits per heavy atom. The van der Waals surface area contributed by atoms with Crippen LogP contribution in [-0.2, 0) is 12.5 Å². The van der Waals surface area contributed by atoms with Crippen LogP contribution >= 0.6 is 0 Å². The van der Waals surface area contributed by atoms with Crippen LogP contribution in [0.2, 0.25) is 0 Å². The zero-order valence-corrected chi connectivity index (χ0v) is 9.44. The molecule has 0 aliphatic heterocycles. The van der Waals surface area contributed by atoms with Gasteiger partial charge in [0, 0.05) is 12.5 Å². The highest BCUT2D eigenvalue weighted by molar-refractivity contribution is 5.58. The summed E-state index contributed by atoms with van der Waals surface area (Å²) in [6, 6.07) is 0. The molecule has 5 nitrogen and oxygen atoms in total. The number of aryl methyl sites for hydroxylation is 1. The van der Waals surface area contributed by atoms with Gasteiger partial charge in [-0.15, -0.1) is 0 Å². The number of hydrogen-bond acceptors (Lipinski definition) is 3. The monoisotopic (exact) mass is 205 g/mol. The average Bonchev–Trinajstić information content (AvgIpc) is 2.68. The molecule has 0 bridgehead atoms. The summed E-state index contributed by atoms with van der Waals surface area (Å²) >= 11 is 0. The summed E-state index contributed by atoms with van der Waals surface area (Å²) in [4.78, 5) is 4.15. The van der Waals surface area contributed by atoms with Crippen LogP contribution in [0.5, 0.6) is 0 Å². The number of rotatable bonds is 1. The van der Waals surface area contributed by atoms with Gasteiger partial charge in [-0.25, -0.2) is 4.98 Å². The standard InChI is InChI=1S/C10H15N5/c1-10(2,3)8-7(5-13-15(8)4)9-11-6-12-14-9/h5-6H,1-4H3,(H,11,12,14). The van der Waals surface area contributed by atoms with Gasteiger partial charge in [0.25, 0.3) is 0 Å². The summed E-state index contributed by atoms with van der Waals surface area (Å²) in [5.41, 5.74) is 2.20. The van der Waals surface area contributed by atoms with Gasteiger partial charge in [-0.05, 0) is 0 Å². The Morgan fingerprint density at radius 2 is 2.07 bits per heavy atom. The van der Waals surface area contributed by atoms with Crippen LogP contribution in [0, 0.1) is 0 Å². The van der Waals surface area contributed by atoms with E-state index in [2.05, 4.69) is 41.1 Å². The third-order valence-electron chi connectivity index (χ3n) is 2.32. The van der Waals surface area contributed by atoms with Crippen molar-refractivity contribution >= 4 is 0 Å². The van der Waals surface area contributed by atoms with Gasteiger partial charge < -0.3 is 0 Å². The summed E-state index contributed by atoms with van der Waals surface area (Å²) in [6.45, 7) is 6.47. The summed E-state index contributed by atoms with van der Waals surface area (Å²) in [5.74, 6) is 0.771. The summed E-state index contributed by atoms with van der Waals surface area (Å²) in [5, 5.41) is 11.0. The fourth-order valence-corrected chi connectivity index (χ4v) is 1.84. The van der Waals surface area contributed by atoms with Crippen molar-refractivity contribution in [3.05, 3.63) is 18.2 Å². The Balaban J connectivity index is 2.59. The van der Waals surface area contributed by atoms with Crippen molar-refractivity contribution in [3.63, 3.8) is 0 Å². The van der Waals surface area contributed by atoms with Crippen LogP contribution in [0.3, 0.4) is 0 Å². The van der Waals surface area contributed by atoms with E-state index in [9.17, 15) is 0 Å². The molecular weight excluding hydrogens is 190 g/mol. The third kappa shape index (κ3) is 1.65. The van der Waals surface area contributed by atoms with Gasteiger partial charge in [0.05, 0.1) is 17.5 Å². The van der Waals surface area contributed by atoms with E-state index in [0.717, 1.165) is 17.1 Å². The zero-order valence-electron chi connectivity index (χ0n) is 9.44. The summed E-state index contributed by atoms with van der Waals surface area (Å²) < 4.78 is 1.89. The van der Waals surface area contributed by atoms with E-state index in [0.29, 0.717) is 0 Å². The van der Waals surface area contributed by atoms with E-state index >= 15 is 0 Å². The van der Waals surface area contributed by atoms with Gasteiger partial charge in [-0.1, -0.05) is 20.8 Å². The predicted octanol–water partition coefficient (Wildman–Crippen LogP) is 1.50. The number of aromatic amines is 1. The van der Waals surface area contributed by atoms with Gasteiger partial charge >= 0.3 is 0 Å². The number of hydrogen-bond donors (Lipinski definition) is 1. The molecule has 0 fully saturated rings. The maximum absolute atomic E-state index is 4.27. The van der Waals surface area contributed by atoms with Crippen LogP contribution in [0.25, 0.3) is 11.4 Å². The third-order valence-corrected chi connectivity index (χ3v) is 2.32. The smallest absolute Gasteiger partial charge is 0.158 e. The minimum atomic E-state index is 0.0351. The number of H-pyrrole nitrogens is 1. The number of nitrogens with one attached hydrogen (secondary N) is 1. The lowest BCUT2D eigenvalue weighted by Crippen LogP contribution is -2.17. The maximum atomic E-state index is 4.27. The van der Waals surface area contributed by atoms with Crippen molar-refractivity contribution in [3.8, 4) is 11.4 Å². The van der Waals surface area contributed by atoms with Gasteiger partial charge in [0.1, 0.15) is 6.33 Å². The molecule has 5 heteroatoms. The number of nitrogens with zero attached hydrogens (tertiary/aromatic N) is 4. The molecule has 0 unspecified atom stereocenters. The lowest BCUT2D eigenvalue weighted by Gasteiger charge is -2.20. The topological polar surface area (TPSA) is 59.4 Å². The first-order valence-electron chi connectivity index (χ1n) is 4.88. The Bertz CT molecular complexity index is 447. The first-order chi connectivity index (χ1) is 7.00. The molecule has 15 heavy (non-hydrogen) atoms. The van der Waals surface area contributed by atoms with Crippen molar-refractivity contribution in [2.45, 2.75) is 26.2 Å². The van der Waals surface area contributed by atoms with Crippen molar-refractivity contribution in [2.24, 2.45) is 7.05 Å². The quantitative estimate of drug-likeness (QED) is 0.767. The largest absolute Gasteiger partial charge is 0.271 e. The highest BCUT2D eigenvalue weighted by Gasteiger charge is 2.24. The molecule has 1 N–H and O–H groups in total. The number of aromatic nitrogens is 5. The van der Waals surface area contributed by atoms with Crippen molar-refractivity contribution in [1.29, 1.82) is 0 Å². The summed E-state index contributed by atoms with van der Waals surface area (Å²) in [6.07, 6.45) is 3.33. The lowest BCUT2D eigenvalue weighted by molar-refractivity contribution is 0.524. The second kappa shape index (κ2) is 3.18. The van der Waals surface area contributed by atoms with Gasteiger partial charge in [-0.2, -0.15) is 10.2 Å². The Morgan fingerprint density at radius 3 is 2.60 bits per heavy atom. The molecule has 0 aliphatic carbocycles. The Kier molecular flexibility index (Phi) is 2.10. The molecule has 2 aromatic heterocycles. The van der Waals surface area contributed by atoms with Crippen LogP contribution in [0.1, 0.15) is 26.5 Å². The molecule has 80 valence electrons. The average molecular weight is 205 g/mol. The fraction of sp³-hybridized carbons (Fsp3) is 0.500. The van der Waals surface area contributed by atoms with E-state index in [1.165, 1.54) is 6.33 Å². The second-order valence-electron chi connectivity index (χ2n) is 4.61. The molecule has 0 aliphatic rings. The van der Waals surface area contributed by atoms with Crippen LogP contribution in [0.15, 0.2) is 12.5 Å². The van der Waals surface area contributed by atoms with E-state index < -0.39 is 0 Å². The van der Waals surface area contributed by atoms with Crippen LogP contribution in [0.4, 0.5) is 0 Å². The maximum Gasteiger partial charge on any atom is 0.158 e. The lowest BCUT2D eigenvalue weighted by atomic mass is 9.89. The highest BCUT2D eigenvalue weighted by atomic mass is 15.3. The minimum Gasteiger partial charge on any atom is -0.271 e. The van der Waals surface area contributed by atoms with Crippen molar-refractivity contribution < 1.29 is 0 Å². The van der Waals surface area contributed by atoms with Gasteiger partial charge in [-0.3, -0.25) is 9.78 Å². The molecular formula is C10H15N5. The van der Waals surface area contributed by atoms with Crippen molar-refractivity contribution in [1.82, 2.24) is 25.0 Å². The Hall–Kier alpha value is -1.65.